The highest BCUT2D eigenvalue weighted by atomic mass is 79.9. The lowest BCUT2D eigenvalue weighted by Crippen LogP contribution is -2.28. The van der Waals surface area contributed by atoms with Crippen LogP contribution in [0.25, 0.3) is 0 Å². The van der Waals surface area contributed by atoms with Crippen LogP contribution in [0.15, 0.2) is 22.8 Å². The van der Waals surface area contributed by atoms with E-state index in [0.29, 0.717) is 10.3 Å². The lowest BCUT2D eigenvalue weighted by molar-refractivity contribution is -0.125. The SMILES string of the molecule is FC(F)(F)CNCc1cccc(Br)n1. The number of nitrogens with zero attached hydrogens (tertiary/aromatic N) is 1. The molecule has 0 bridgehead atoms. The van der Waals surface area contributed by atoms with Gasteiger partial charge < -0.3 is 5.32 Å². The number of hydrogen-bond donors (Lipinski definition) is 1. The summed E-state index contributed by atoms with van der Waals surface area (Å²) in [6, 6.07) is 5.10. The number of halogens is 4. The van der Waals surface area contributed by atoms with Crippen LogP contribution in [-0.2, 0) is 6.54 Å². The summed E-state index contributed by atoms with van der Waals surface area (Å²) in [4.78, 5) is 3.98. The van der Waals surface area contributed by atoms with Gasteiger partial charge in [0.05, 0.1) is 12.2 Å². The minimum Gasteiger partial charge on any atom is -0.303 e. The van der Waals surface area contributed by atoms with Crippen molar-refractivity contribution in [3.63, 3.8) is 0 Å². The Kier molecular flexibility index (Phi) is 3.88. The first kappa shape index (κ1) is 11.5. The molecule has 0 aliphatic carbocycles. The van der Waals surface area contributed by atoms with Gasteiger partial charge in [0, 0.05) is 6.54 Å². The van der Waals surface area contributed by atoms with E-state index in [1.54, 1.807) is 18.2 Å². The standard InChI is InChI=1S/C8H8BrF3N2/c9-7-3-1-2-6(14-7)4-13-5-8(10,11)12/h1-3,13H,4-5H2. The van der Waals surface area contributed by atoms with Gasteiger partial charge in [-0.25, -0.2) is 4.98 Å². The van der Waals surface area contributed by atoms with Gasteiger partial charge in [-0.15, -0.1) is 0 Å². The molecule has 0 amide bonds. The number of alkyl halides is 3. The average Bonchev–Trinajstić information content (AvgIpc) is 2.01. The van der Waals surface area contributed by atoms with E-state index >= 15 is 0 Å². The van der Waals surface area contributed by atoms with Crippen molar-refractivity contribution in [1.29, 1.82) is 0 Å². The van der Waals surface area contributed by atoms with Crippen molar-refractivity contribution in [2.75, 3.05) is 6.54 Å². The molecule has 0 aliphatic rings. The maximum atomic E-state index is 11.7. The van der Waals surface area contributed by atoms with Crippen molar-refractivity contribution in [2.45, 2.75) is 12.7 Å². The largest absolute Gasteiger partial charge is 0.401 e. The van der Waals surface area contributed by atoms with Gasteiger partial charge in [0.25, 0.3) is 0 Å². The molecule has 0 saturated heterocycles. The first-order valence-corrected chi connectivity index (χ1v) is 4.65. The van der Waals surface area contributed by atoms with Gasteiger partial charge in [0.2, 0.25) is 0 Å². The third-order valence-electron chi connectivity index (χ3n) is 1.40. The Morgan fingerprint density at radius 1 is 1.36 bits per heavy atom. The lowest BCUT2D eigenvalue weighted by Gasteiger charge is -2.07. The molecule has 0 radical (unpaired) electrons. The smallest absolute Gasteiger partial charge is 0.303 e. The molecule has 1 N–H and O–H groups in total. The molecule has 6 heteroatoms. The highest BCUT2D eigenvalue weighted by molar-refractivity contribution is 9.10. The van der Waals surface area contributed by atoms with E-state index in [-0.39, 0.29) is 6.54 Å². The molecule has 1 heterocycles. The molecular weight excluding hydrogens is 261 g/mol. The Bertz CT molecular complexity index is 301. The van der Waals surface area contributed by atoms with E-state index in [4.69, 9.17) is 0 Å². The van der Waals surface area contributed by atoms with Crippen LogP contribution in [0.1, 0.15) is 5.69 Å². The minimum atomic E-state index is -4.17. The van der Waals surface area contributed by atoms with Crippen molar-refractivity contribution in [1.82, 2.24) is 10.3 Å². The predicted octanol–water partition coefficient (Wildman–Crippen LogP) is 2.50. The molecule has 0 aromatic carbocycles. The first-order valence-electron chi connectivity index (χ1n) is 3.86. The van der Waals surface area contributed by atoms with Crippen LogP contribution < -0.4 is 5.32 Å². The number of hydrogen-bond acceptors (Lipinski definition) is 2. The Balaban J connectivity index is 2.39. The van der Waals surface area contributed by atoms with Crippen molar-refractivity contribution in [2.24, 2.45) is 0 Å². The quantitative estimate of drug-likeness (QED) is 0.853. The fraction of sp³-hybridized carbons (Fsp3) is 0.375. The van der Waals surface area contributed by atoms with Gasteiger partial charge in [0.15, 0.2) is 0 Å². The summed E-state index contributed by atoms with van der Waals surface area (Å²) < 4.78 is 35.9. The number of aromatic nitrogens is 1. The van der Waals surface area contributed by atoms with Gasteiger partial charge >= 0.3 is 6.18 Å². The third kappa shape index (κ3) is 4.57. The van der Waals surface area contributed by atoms with Gasteiger partial charge in [-0.2, -0.15) is 13.2 Å². The molecule has 1 aromatic rings. The summed E-state index contributed by atoms with van der Waals surface area (Å²) in [5, 5.41) is 2.26. The number of pyridine rings is 1. The Morgan fingerprint density at radius 3 is 2.64 bits per heavy atom. The maximum absolute atomic E-state index is 11.7. The molecule has 0 fully saturated rings. The highest BCUT2D eigenvalue weighted by Gasteiger charge is 2.26. The summed E-state index contributed by atoms with van der Waals surface area (Å²) in [6.45, 7) is -0.889. The Labute approximate surface area is 87.7 Å². The zero-order chi connectivity index (χ0) is 10.6. The van der Waals surface area contributed by atoms with Gasteiger partial charge in [-0.05, 0) is 28.1 Å². The molecular formula is C8H8BrF3N2. The zero-order valence-corrected chi connectivity index (χ0v) is 8.69. The Hall–Kier alpha value is -0.620. The second-order valence-electron chi connectivity index (χ2n) is 2.67. The predicted molar refractivity (Wildman–Crippen MR) is 49.7 cm³/mol. The molecule has 0 atom stereocenters. The van der Waals surface area contributed by atoms with E-state index < -0.39 is 12.7 Å². The van der Waals surface area contributed by atoms with E-state index in [1.165, 1.54) is 0 Å². The van der Waals surface area contributed by atoms with E-state index in [0.717, 1.165) is 0 Å². The van der Waals surface area contributed by atoms with Crippen molar-refractivity contribution in [3.05, 3.63) is 28.5 Å². The Morgan fingerprint density at radius 2 is 2.07 bits per heavy atom. The summed E-state index contributed by atoms with van der Waals surface area (Å²) in [5.74, 6) is 0. The lowest BCUT2D eigenvalue weighted by atomic mass is 10.3. The fourth-order valence-corrected chi connectivity index (χ4v) is 1.26. The number of rotatable bonds is 3. The number of nitrogens with one attached hydrogen (secondary N) is 1. The molecule has 0 spiro atoms. The zero-order valence-electron chi connectivity index (χ0n) is 7.11. The van der Waals surface area contributed by atoms with Crippen molar-refractivity contribution >= 4 is 15.9 Å². The molecule has 1 aromatic heterocycles. The summed E-state index contributed by atoms with van der Waals surface area (Å²) in [7, 11) is 0. The molecule has 14 heavy (non-hydrogen) atoms. The average molecular weight is 269 g/mol. The topological polar surface area (TPSA) is 24.9 Å². The van der Waals surface area contributed by atoms with Gasteiger partial charge in [-0.3, -0.25) is 0 Å². The van der Waals surface area contributed by atoms with Crippen molar-refractivity contribution in [3.8, 4) is 0 Å². The molecule has 0 saturated carbocycles. The molecule has 0 unspecified atom stereocenters. The monoisotopic (exact) mass is 268 g/mol. The second-order valence-corrected chi connectivity index (χ2v) is 3.48. The van der Waals surface area contributed by atoms with Crippen LogP contribution in [0.4, 0.5) is 13.2 Å². The van der Waals surface area contributed by atoms with E-state index in [1.807, 2.05) is 0 Å². The molecule has 78 valence electrons. The minimum absolute atomic E-state index is 0.110. The van der Waals surface area contributed by atoms with Crippen LogP contribution in [0, 0.1) is 0 Å². The van der Waals surface area contributed by atoms with Crippen molar-refractivity contribution < 1.29 is 13.2 Å². The van der Waals surface area contributed by atoms with E-state index in [9.17, 15) is 13.2 Å². The summed E-state index contributed by atoms with van der Waals surface area (Å²) in [6.07, 6.45) is -4.17. The maximum Gasteiger partial charge on any atom is 0.401 e. The van der Waals surface area contributed by atoms with Crippen LogP contribution >= 0.6 is 15.9 Å². The molecule has 0 aliphatic heterocycles. The molecule has 1 rings (SSSR count). The third-order valence-corrected chi connectivity index (χ3v) is 1.85. The second kappa shape index (κ2) is 4.75. The van der Waals surface area contributed by atoms with Crippen LogP contribution in [-0.4, -0.2) is 17.7 Å². The van der Waals surface area contributed by atoms with Crippen LogP contribution in [0.3, 0.4) is 0 Å². The fourth-order valence-electron chi connectivity index (χ4n) is 0.881. The van der Waals surface area contributed by atoms with Crippen LogP contribution in [0.5, 0.6) is 0 Å². The summed E-state index contributed by atoms with van der Waals surface area (Å²) in [5.41, 5.74) is 0.573. The van der Waals surface area contributed by atoms with E-state index in [2.05, 4.69) is 26.2 Å². The molecule has 2 nitrogen and oxygen atoms in total. The van der Waals surface area contributed by atoms with Gasteiger partial charge in [-0.1, -0.05) is 6.07 Å². The normalized spacial score (nSPS) is 11.7. The van der Waals surface area contributed by atoms with Gasteiger partial charge in [0.1, 0.15) is 4.60 Å². The highest BCUT2D eigenvalue weighted by Crippen LogP contribution is 2.12. The summed E-state index contributed by atoms with van der Waals surface area (Å²) >= 11 is 3.13. The van der Waals surface area contributed by atoms with Crippen LogP contribution in [0.2, 0.25) is 0 Å². The first-order chi connectivity index (χ1) is 6.47.